The molecule has 2 rings (SSSR count). The third-order valence-corrected chi connectivity index (χ3v) is 3.00. The summed E-state index contributed by atoms with van der Waals surface area (Å²) in [6.45, 7) is 2.78. The van der Waals surface area contributed by atoms with Gasteiger partial charge in [-0.15, -0.1) is 0 Å². The molecule has 0 aliphatic heterocycles. The Kier molecular flexibility index (Phi) is 3.82. The first-order chi connectivity index (χ1) is 8.24. The largest absolute Gasteiger partial charge is 0.392 e. The molecule has 1 N–H and O–H groups in total. The molecule has 1 aromatic carbocycles. The molecule has 0 saturated carbocycles. The van der Waals surface area contributed by atoms with Crippen LogP contribution in [-0.4, -0.2) is 14.9 Å². The van der Waals surface area contributed by atoms with Crippen molar-refractivity contribution in [1.29, 1.82) is 0 Å². The molecule has 0 aliphatic rings. The van der Waals surface area contributed by atoms with E-state index in [4.69, 9.17) is 11.6 Å². The lowest BCUT2D eigenvalue weighted by Gasteiger charge is -2.07. The van der Waals surface area contributed by atoms with E-state index in [0.717, 1.165) is 28.3 Å². The molecule has 0 bridgehead atoms. The lowest BCUT2D eigenvalue weighted by atomic mass is 10.2. The van der Waals surface area contributed by atoms with Gasteiger partial charge in [0.1, 0.15) is 0 Å². The summed E-state index contributed by atoms with van der Waals surface area (Å²) in [6.07, 6.45) is 2.58. The Bertz CT molecular complexity index is 508. The predicted molar refractivity (Wildman–Crippen MR) is 68.1 cm³/mol. The number of hydrogen-bond acceptors (Lipinski definition) is 2. The minimum absolute atomic E-state index is 0.0404. The highest BCUT2D eigenvalue weighted by molar-refractivity contribution is 6.30. The number of aliphatic hydroxyl groups is 1. The first-order valence-electron chi connectivity index (χ1n) is 5.63. The molecule has 2 aromatic rings. The number of aromatic nitrogens is 2. The monoisotopic (exact) mass is 250 g/mol. The van der Waals surface area contributed by atoms with E-state index in [2.05, 4.69) is 12.0 Å². The third kappa shape index (κ3) is 2.68. The van der Waals surface area contributed by atoms with Gasteiger partial charge in [0.2, 0.25) is 0 Å². The predicted octanol–water partition coefficient (Wildman–Crippen LogP) is 2.64. The van der Waals surface area contributed by atoms with Crippen LogP contribution in [0.2, 0.25) is 5.02 Å². The van der Waals surface area contributed by atoms with Crippen LogP contribution < -0.4 is 0 Å². The third-order valence-electron chi connectivity index (χ3n) is 2.76. The maximum absolute atomic E-state index is 9.20. The topological polar surface area (TPSA) is 38.1 Å². The van der Waals surface area contributed by atoms with Crippen LogP contribution in [0, 0.1) is 0 Å². The van der Waals surface area contributed by atoms with E-state index in [9.17, 15) is 5.11 Å². The molecule has 1 aromatic heterocycles. The molecule has 90 valence electrons. The van der Waals surface area contributed by atoms with Crippen LogP contribution in [-0.2, 0) is 19.6 Å². The quantitative estimate of drug-likeness (QED) is 0.906. The Morgan fingerprint density at radius 3 is 2.88 bits per heavy atom. The Hall–Kier alpha value is -1.32. The molecule has 0 aliphatic carbocycles. The maximum Gasteiger partial charge on any atom is 0.0715 e. The molecule has 0 unspecified atom stereocenters. The Morgan fingerprint density at radius 2 is 2.24 bits per heavy atom. The summed E-state index contributed by atoms with van der Waals surface area (Å²) >= 11 is 5.95. The maximum atomic E-state index is 9.20. The molecular weight excluding hydrogens is 236 g/mol. The first kappa shape index (κ1) is 12.1. The zero-order chi connectivity index (χ0) is 12.3. The first-order valence-corrected chi connectivity index (χ1v) is 6.01. The molecule has 0 saturated heterocycles. The summed E-state index contributed by atoms with van der Waals surface area (Å²) in [5.74, 6) is 0. The number of rotatable bonds is 4. The molecule has 0 atom stereocenters. The average molecular weight is 251 g/mol. The zero-order valence-electron chi connectivity index (χ0n) is 9.73. The van der Waals surface area contributed by atoms with Gasteiger partial charge in [0.25, 0.3) is 0 Å². The second kappa shape index (κ2) is 5.34. The molecule has 0 spiro atoms. The van der Waals surface area contributed by atoms with E-state index in [0.29, 0.717) is 6.54 Å². The van der Waals surface area contributed by atoms with Gasteiger partial charge < -0.3 is 5.11 Å². The van der Waals surface area contributed by atoms with Gasteiger partial charge in [-0.1, -0.05) is 30.7 Å². The Balaban J connectivity index is 2.27. The summed E-state index contributed by atoms with van der Waals surface area (Å²) in [6, 6.07) is 7.74. The highest BCUT2D eigenvalue weighted by Crippen LogP contribution is 2.15. The average Bonchev–Trinajstić information content (AvgIpc) is 2.71. The molecule has 4 heteroatoms. The van der Waals surface area contributed by atoms with Crippen molar-refractivity contribution in [2.45, 2.75) is 26.5 Å². The number of benzene rings is 1. The van der Waals surface area contributed by atoms with Crippen LogP contribution in [0.1, 0.15) is 23.7 Å². The molecular formula is C13H15ClN2O. The molecule has 0 fully saturated rings. The minimum Gasteiger partial charge on any atom is -0.392 e. The van der Waals surface area contributed by atoms with Crippen LogP contribution in [0.5, 0.6) is 0 Å². The van der Waals surface area contributed by atoms with Crippen molar-refractivity contribution >= 4 is 11.6 Å². The number of nitrogens with zero attached hydrogens (tertiary/aromatic N) is 2. The van der Waals surface area contributed by atoms with Crippen LogP contribution in [0.4, 0.5) is 0 Å². The summed E-state index contributed by atoms with van der Waals surface area (Å²) in [5, 5.41) is 14.2. The normalized spacial score (nSPS) is 10.8. The van der Waals surface area contributed by atoms with Gasteiger partial charge in [0.05, 0.1) is 19.3 Å². The Labute approximate surface area is 106 Å². The highest BCUT2D eigenvalue weighted by atomic mass is 35.5. The fraction of sp³-hybridized carbons (Fsp3) is 0.308. The second-order valence-electron chi connectivity index (χ2n) is 3.92. The number of aliphatic hydroxyl groups excluding tert-OH is 1. The van der Waals surface area contributed by atoms with Crippen molar-refractivity contribution in [2.75, 3.05) is 0 Å². The van der Waals surface area contributed by atoms with Crippen molar-refractivity contribution in [1.82, 2.24) is 9.78 Å². The van der Waals surface area contributed by atoms with Gasteiger partial charge in [-0.3, -0.25) is 4.68 Å². The Morgan fingerprint density at radius 1 is 1.41 bits per heavy atom. The van der Waals surface area contributed by atoms with Gasteiger partial charge in [0.15, 0.2) is 0 Å². The highest BCUT2D eigenvalue weighted by Gasteiger charge is 2.08. The van der Waals surface area contributed by atoms with Crippen LogP contribution in [0.15, 0.2) is 30.5 Å². The zero-order valence-corrected chi connectivity index (χ0v) is 10.5. The van der Waals surface area contributed by atoms with Gasteiger partial charge in [-0.25, -0.2) is 0 Å². The number of halogens is 1. The van der Waals surface area contributed by atoms with E-state index in [1.54, 1.807) is 6.20 Å². The van der Waals surface area contributed by atoms with Crippen molar-refractivity contribution in [3.63, 3.8) is 0 Å². The van der Waals surface area contributed by atoms with Crippen LogP contribution >= 0.6 is 11.6 Å². The molecule has 17 heavy (non-hydrogen) atoms. The molecule has 1 heterocycles. The number of hydrogen-bond donors (Lipinski definition) is 1. The van der Waals surface area contributed by atoms with Crippen molar-refractivity contribution < 1.29 is 5.11 Å². The lowest BCUT2D eigenvalue weighted by molar-refractivity contribution is 0.280. The fourth-order valence-corrected chi connectivity index (χ4v) is 2.15. The van der Waals surface area contributed by atoms with Gasteiger partial charge in [-0.05, 0) is 24.1 Å². The van der Waals surface area contributed by atoms with E-state index < -0.39 is 0 Å². The summed E-state index contributed by atoms with van der Waals surface area (Å²) < 4.78 is 1.91. The van der Waals surface area contributed by atoms with Gasteiger partial charge in [-0.2, -0.15) is 5.10 Å². The van der Waals surface area contributed by atoms with Gasteiger partial charge >= 0.3 is 0 Å². The molecule has 0 radical (unpaired) electrons. The van der Waals surface area contributed by atoms with Crippen LogP contribution in [0.3, 0.4) is 0 Å². The van der Waals surface area contributed by atoms with E-state index >= 15 is 0 Å². The summed E-state index contributed by atoms with van der Waals surface area (Å²) in [7, 11) is 0. The fourth-order valence-electron chi connectivity index (χ4n) is 1.94. The summed E-state index contributed by atoms with van der Waals surface area (Å²) in [5.41, 5.74) is 3.08. The molecule has 3 nitrogen and oxygen atoms in total. The standard InChI is InChI=1S/C13H15ClN2O/c1-2-13-11(9-17)7-15-16(13)8-10-4-3-5-12(14)6-10/h3-7,17H,2,8-9H2,1H3. The molecule has 0 amide bonds. The van der Waals surface area contributed by atoms with Gasteiger partial charge in [0, 0.05) is 16.3 Å². The van der Waals surface area contributed by atoms with E-state index in [-0.39, 0.29) is 6.61 Å². The van der Waals surface area contributed by atoms with Crippen LogP contribution in [0.25, 0.3) is 0 Å². The minimum atomic E-state index is 0.0404. The second-order valence-corrected chi connectivity index (χ2v) is 4.35. The van der Waals surface area contributed by atoms with E-state index in [1.807, 2.05) is 28.9 Å². The van der Waals surface area contributed by atoms with Crippen molar-refractivity contribution in [2.24, 2.45) is 0 Å². The SMILES string of the molecule is CCc1c(CO)cnn1Cc1cccc(Cl)c1. The summed E-state index contributed by atoms with van der Waals surface area (Å²) in [4.78, 5) is 0. The smallest absolute Gasteiger partial charge is 0.0715 e. The van der Waals surface area contributed by atoms with Crippen molar-refractivity contribution in [3.8, 4) is 0 Å². The lowest BCUT2D eigenvalue weighted by Crippen LogP contribution is -2.06. The van der Waals surface area contributed by atoms with E-state index in [1.165, 1.54) is 0 Å². The van der Waals surface area contributed by atoms with Crippen molar-refractivity contribution in [3.05, 3.63) is 52.3 Å².